The number of nitrogens with one attached hydrogen (secondary N) is 1. The minimum Gasteiger partial charge on any atom is -0.330 e. The van der Waals surface area contributed by atoms with Crippen molar-refractivity contribution in [3.8, 4) is 0 Å². The van der Waals surface area contributed by atoms with Gasteiger partial charge in [0.2, 0.25) is 5.91 Å². The second kappa shape index (κ2) is 7.29. The van der Waals surface area contributed by atoms with E-state index in [0.717, 1.165) is 19.3 Å². The summed E-state index contributed by atoms with van der Waals surface area (Å²) >= 11 is 1.19. The van der Waals surface area contributed by atoms with Gasteiger partial charge in [0, 0.05) is 18.0 Å². The lowest BCUT2D eigenvalue weighted by molar-refractivity contribution is -0.116. The molecule has 0 fully saturated rings. The predicted molar refractivity (Wildman–Crippen MR) is 65.2 cm³/mol. The molecule has 0 bridgehead atoms. The van der Waals surface area contributed by atoms with Crippen molar-refractivity contribution in [3.05, 3.63) is 6.20 Å². The number of carbonyl (C=O) groups is 1. The number of aromatic nitrogens is 2. The van der Waals surface area contributed by atoms with Crippen molar-refractivity contribution in [2.75, 3.05) is 11.9 Å². The molecular weight excluding hydrogens is 224 g/mol. The van der Waals surface area contributed by atoms with Crippen LogP contribution in [0.1, 0.15) is 32.6 Å². The average molecular weight is 242 g/mol. The van der Waals surface area contributed by atoms with Crippen LogP contribution in [0.2, 0.25) is 0 Å². The van der Waals surface area contributed by atoms with Crippen LogP contribution in [0.15, 0.2) is 6.20 Å². The Labute approximate surface area is 99.6 Å². The molecule has 5 nitrogen and oxygen atoms in total. The Morgan fingerprint density at radius 2 is 2.44 bits per heavy atom. The first-order valence-corrected chi connectivity index (χ1v) is 6.30. The van der Waals surface area contributed by atoms with Crippen molar-refractivity contribution < 1.29 is 4.79 Å². The van der Waals surface area contributed by atoms with E-state index in [4.69, 9.17) is 5.73 Å². The number of anilines is 1. The first-order valence-electron chi connectivity index (χ1n) is 5.53. The number of rotatable bonds is 7. The van der Waals surface area contributed by atoms with E-state index in [1.54, 1.807) is 6.20 Å². The zero-order chi connectivity index (χ0) is 11.8. The van der Waals surface area contributed by atoms with E-state index < -0.39 is 0 Å². The number of amides is 1. The highest BCUT2D eigenvalue weighted by molar-refractivity contribution is 7.10. The van der Waals surface area contributed by atoms with Crippen LogP contribution in [0.25, 0.3) is 0 Å². The fourth-order valence-corrected chi connectivity index (χ4v) is 1.98. The van der Waals surface area contributed by atoms with Crippen LogP contribution in [0.5, 0.6) is 0 Å². The Morgan fingerprint density at radius 1 is 1.62 bits per heavy atom. The van der Waals surface area contributed by atoms with Crippen molar-refractivity contribution in [1.29, 1.82) is 0 Å². The number of hydrogen-bond donors (Lipinski definition) is 2. The van der Waals surface area contributed by atoms with Gasteiger partial charge >= 0.3 is 0 Å². The fraction of sp³-hybridized carbons (Fsp3) is 0.700. The van der Waals surface area contributed by atoms with Crippen LogP contribution in [-0.4, -0.2) is 22.0 Å². The molecule has 0 aliphatic heterocycles. The third-order valence-corrected chi connectivity index (χ3v) is 3.14. The Kier molecular flexibility index (Phi) is 5.95. The van der Waals surface area contributed by atoms with Gasteiger partial charge in [0.15, 0.2) is 0 Å². The van der Waals surface area contributed by atoms with Gasteiger partial charge in [0.05, 0.1) is 6.20 Å². The first kappa shape index (κ1) is 13.1. The van der Waals surface area contributed by atoms with Gasteiger partial charge < -0.3 is 11.1 Å². The minimum absolute atomic E-state index is 0.0292. The van der Waals surface area contributed by atoms with Crippen LogP contribution >= 0.6 is 11.5 Å². The molecule has 0 saturated carbocycles. The normalized spacial score (nSPS) is 12.4. The molecule has 0 saturated heterocycles. The van der Waals surface area contributed by atoms with E-state index in [1.165, 1.54) is 11.5 Å². The highest BCUT2D eigenvalue weighted by atomic mass is 32.1. The van der Waals surface area contributed by atoms with Crippen LogP contribution in [0.3, 0.4) is 0 Å². The first-order chi connectivity index (χ1) is 7.76. The van der Waals surface area contributed by atoms with E-state index >= 15 is 0 Å². The standard InChI is InChI=1S/C10H18N4OS/c1-2-8(5-6-11)3-4-9(15)13-10-7-12-14-16-10/h7-8H,2-6,11H2,1H3,(H,13,15). The van der Waals surface area contributed by atoms with Crippen molar-refractivity contribution in [2.45, 2.75) is 32.6 Å². The summed E-state index contributed by atoms with van der Waals surface area (Å²) in [5, 5.41) is 7.13. The summed E-state index contributed by atoms with van der Waals surface area (Å²) in [6.45, 7) is 2.82. The molecule has 1 rings (SSSR count). The average Bonchev–Trinajstić information content (AvgIpc) is 2.76. The molecule has 1 aromatic rings. The van der Waals surface area contributed by atoms with Crippen LogP contribution < -0.4 is 11.1 Å². The van der Waals surface area contributed by atoms with Gasteiger partial charge in [-0.3, -0.25) is 4.79 Å². The quantitative estimate of drug-likeness (QED) is 0.761. The fourth-order valence-electron chi connectivity index (χ4n) is 1.55. The molecule has 0 aromatic carbocycles. The number of nitrogens with zero attached hydrogens (tertiary/aromatic N) is 2. The largest absolute Gasteiger partial charge is 0.330 e. The van der Waals surface area contributed by atoms with Crippen molar-refractivity contribution in [3.63, 3.8) is 0 Å². The van der Waals surface area contributed by atoms with Gasteiger partial charge in [0.25, 0.3) is 0 Å². The van der Waals surface area contributed by atoms with Gasteiger partial charge in [-0.15, -0.1) is 5.10 Å². The van der Waals surface area contributed by atoms with Crippen molar-refractivity contribution >= 4 is 22.4 Å². The van der Waals surface area contributed by atoms with Gasteiger partial charge in [-0.2, -0.15) is 0 Å². The van der Waals surface area contributed by atoms with E-state index in [0.29, 0.717) is 23.9 Å². The number of carbonyl (C=O) groups excluding carboxylic acids is 1. The van der Waals surface area contributed by atoms with Gasteiger partial charge in [-0.05, 0) is 25.3 Å². The summed E-state index contributed by atoms with van der Waals surface area (Å²) in [5.41, 5.74) is 5.51. The molecule has 90 valence electrons. The van der Waals surface area contributed by atoms with Crippen LogP contribution in [0, 0.1) is 5.92 Å². The molecule has 1 unspecified atom stereocenters. The molecule has 0 aliphatic rings. The Bertz CT molecular complexity index is 302. The summed E-state index contributed by atoms with van der Waals surface area (Å²) in [6, 6.07) is 0. The molecule has 1 atom stereocenters. The summed E-state index contributed by atoms with van der Waals surface area (Å²) in [4.78, 5) is 11.5. The molecule has 3 N–H and O–H groups in total. The molecule has 0 spiro atoms. The summed E-state index contributed by atoms with van der Waals surface area (Å²) in [6.07, 6.45) is 5.06. The summed E-state index contributed by atoms with van der Waals surface area (Å²) in [7, 11) is 0. The topological polar surface area (TPSA) is 80.9 Å². The number of nitrogens with two attached hydrogens (primary N) is 1. The highest BCUT2D eigenvalue weighted by Crippen LogP contribution is 2.16. The van der Waals surface area contributed by atoms with Crippen LogP contribution in [0.4, 0.5) is 5.00 Å². The maximum atomic E-state index is 11.5. The van der Waals surface area contributed by atoms with Crippen molar-refractivity contribution in [2.24, 2.45) is 11.7 Å². The lowest BCUT2D eigenvalue weighted by Gasteiger charge is -2.12. The molecule has 0 aliphatic carbocycles. The SMILES string of the molecule is CCC(CCN)CCC(=O)Nc1cnns1. The van der Waals surface area contributed by atoms with E-state index in [2.05, 4.69) is 21.8 Å². The minimum atomic E-state index is 0.0292. The molecule has 16 heavy (non-hydrogen) atoms. The molecule has 1 amide bonds. The molecule has 1 heterocycles. The summed E-state index contributed by atoms with van der Waals surface area (Å²) in [5.74, 6) is 0.580. The van der Waals surface area contributed by atoms with E-state index in [-0.39, 0.29) is 5.91 Å². The number of hydrogen-bond acceptors (Lipinski definition) is 5. The summed E-state index contributed by atoms with van der Waals surface area (Å²) < 4.78 is 3.68. The monoisotopic (exact) mass is 242 g/mol. The zero-order valence-corrected chi connectivity index (χ0v) is 10.3. The third-order valence-electron chi connectivity index (χ3n) is 2.56. The smallest absolute Gasteiger partial charge is 0.225 e. The second-order valence-corrected chi connectivity index (χ2v) is 4.51. The van der Waals surface area contributed by atoms with Crippen molar-refractivity contribution in [1.82, 2.24) is 9.59 Å². The predicted octanol–water partition coefficient (Wildman–Crippen LogP) is 1.63. The van der Waals surface area contributed by atoms with Gasteiger partial charge in [0.1, 0.15) is 5.00 Å². The van der Waals surface area contributed by atoms with Crippen LogP contribution in [-0.2, 0) is 4.79 Å². The second-order valence-electron chi connectivity index (χ2n) is 3.72. The van der Waals surface area contributed by atoms with E-state index in [1.807, 2.05) is 0 Å². The maximum absolute atomic E-state index is 11.5. The van der Waals surface area contributed by atoms with Gasteiger partial charge in [-0.1, -0.05) is 17.8 Å². The Hall–Kier alpha value is -1.01. The Balaban J connectivity index is 2.24. The third kappa shape index (κ3) is 4.67. The molecule has 0 radical (unpaired) electrons. The molecule has 6 heteroatoms. The lowest BCUT2D eigenvalue weighted by Crippen LogP contribution is -2.14. The zero-order valence-electron chi connectivity index (χ0n) is 9.48. The molecule has 1 aromatic heterocycles. The Morgan fingerprint density at radius 3 is 3.00 bits per heavy atom. The van der Waals surface area contributed by atoms with E-state index in [9.17, 15) is 4.79 Å². The van der Waals surface area contributed by atoms with Gasteiger partial charge in [-0.25, -0.2) is 0 Å². The highest BCUT2D eigenvalue weighted by Gasteiger charge is 2.09. The maximum Gasteiger partial charge on any atom is 0.225 e. The molecular formula is C10H18N4OS. The lowest BCUT2D eigenvalue weighted by atomic mass is 9.96.